The summed E-state index contributed by atoms with van der Waals surface area (Å²) in [5, 5.41) is 0. The molecule has 1 amide bonds. The van der Waals surface area contributed by atoms with Gasteiger partial charge in [0.25, 0.3) is 17.0 Å². The number of hydrogen-bond donors (Lipinski definition) is 1. The van der Waals surface area contributed by atoms with E-state index in [0.29, 0.717) is 24.7 Å². The Morgan fingerprint density at radius 2 is 2.08 bits per heavy atom. The third-order valence-corrected chi connectivity index (χ3v) is 4.40. The third-order valence-electron chi connectivity index (χ3n) is 4.40. The van der Waals surface area contributed by atoms with E-state index in [1.54, 1.807) is 37.9 Å². The van der Waals surface area contributed by atoms with Gasteiger partial charge in [0.05, 0.1) is 24.9 Å². The molecule has 0 aliphatic carbocycles. The quantitative estimate of drug-likeness (QED) is 0.845. The van der Waals surface area contributed by atoms with Crippen LogP contribution in [-0.4, -0.2) is 45.1 Å². The van der Waals surface area contributed by atoms with E-state index < -0.39 is 6.04 Å². The van der Waals surface area contributed by atoms with Crippen LogP contribution in [-0.2, 0) is 11.8 Å². The second-order valence-corrected chi connectivity index (χ2v) is 6.10. The first-order valence-corrected chi connectivity index (χ1v) is 8.01. The molecule has 25 heavy (non-hydrogen) atoms. The average molecular weight is 344 g/mol. The SMILES string of the molecule is Cc1nc([C@@H]2COCCN2C(=O)c2ccc(C)n(C)c2=O)cc(=O)[nH]1. The molecule has 2 aromatic heterocycles. The molecule has 1 aliphatic rings. The summed E-state index contributed by atoms with van der Waals surface area (Å²) in [5.41, 5.74) is 0.698. The maximum atomic E-state index is 13.0. The summed E-state index contributed by atoms with van der Waals surface area (Å²) >= 11 is 0. The molecule has 0 radical (unpaired) electrons. The van der Waals surface area contributed by atoms with Crippen molar-refractivity contribution in [1.29, 1.82) is 0 Å². The summed E-state index contributed by atoms with van der Waals surface area (Å²) in [6, 6.07) is 4.14. The van der Waals surface area contributed by atoms with Crippen LogP contribution in [0.25, 0.3) is 0 Å². The maximum Gasteiger partial charge on any atom is 0.263 e. The highest BCUT2D eigenvalue weighted by Gasteiger charge is 2.32. The predicted octanol–water partition coefficient (Wildman–Crippen LogP) is 0.299. The molecule has 132 valence electrons. The van der Waals surface area contributed by atoms with Gasteiger partial charge in [0.15, 0.2) is 0 Å². The number of morpholine rings is 1. The van der Waals surface area contributed by atoms with Gasteiger partial charge < -0.3 is 19.2 Å². The zero-order valence-electron chi connectivity index (χ0n) is 14.4. The number of H-pyrrole nitrogens is 1. The topological polar surface area (TPSA) is 97.3 Å². The van der Waals surface area contributed by atoms with Crippen LogP contribution in [0.1, 0.15) is 33.6 Å². The van der Waals surface area contributed by atoms with E-state index in [1.807, 2.05) is 0 Å². The predicted molar refractivity (Wildman–Crippen MR) is 90.6 cm³/mol. The van der Waals surface area contributed by atoms with Crippen molar-refractivity contribution in [2.45, 2.75) is 19.9 Å². The molecule has 8 heteroatoms. The van der Waals surface area contributed by atoms with E-state index >= 15 is 0 Å². The van der Waals surface area contributed by atoms with Crippen LogP contribution in [0.4, 0.5) is 0 Å². The van der Waals surface area contributed by atoms with E-state index in [1.165, 1.54) is 10.6 Å². The number of ether oxygens (including phenoxy) is 1. The summed E-state index contributed by atoms with van der Waals surface area (Å²) < 4.78 is 6.92. The molecule has 0 unspecified atom stereocenters. The summed E-state index contributed by atoms with van der Waals surface area (Å²) in [6.45, 7) is 4.41. The first-order valence-electron chi connectivity index (χ1n) is 8.01. The fourth-order valence-electron chi connectivity index (χ4n) is 2.91. The lowest BCUT2D eigenvalue weighted by atomic mass is 10.1. The van der Waals surface area contributed by atoms with Crippen molar-refractivity contribution in [2.75, 3.05) is 19.8 Å². The average Bonchev–Trinajstić information content (AvgIpc) is 2.58. The number of aromatic amines is 1. The normalized spacial score (nSPS) is 17.6. The number of carbonyl (C=O) groups is 1. The maximum absolute atomic E-state index is 13.0. The number of nitrogens with one attached hydrogen (secondary N) is 1. The smallest absolute Gasteiger partial charge is 0.263 e. The van der Waals surface area contributed by atoms with Crippen molar-refractivity contribution >= 4 is 5.91 Å². The highest BCUT2D eigenvalue weighted by atomic mass is 16.5. The van der Waals surface area contributed by atoms with Crippen LogP contribution in [0.2, 0.25) is 0 Å². The second kappa shape index (κ2) is 6.64. The lowest BCUT2D eigenvalue weighted by Gasteiger charge is -2.35. The van der Waals surface area contributed by atoms with Gasteiger partial charge in [-0.1, -0.05) is 0 Å². The number of rotatable bonds is 2. The number of aromatic nitrogens is 3. The molecule has 0 spiro atoms. The van der Waals surface area contributed by atoms with Gasteiger partial charge >= 0.3 is 0 Å². The van der Waals surface area contributed by atoms with Crippen LogP contribution >= 0.6 is 0 Å². The minimum atomic E-state index is -0.506. The van der Waals surface area contributed by atoms with Crippen LogP contribution in [0.3, 0.4) is 0 Å². The van der Waals surface area contributed by atoms with Crippen LogP contribution in [0, 0.1) is 13.8 Å². The van der Waals surface area contributed by atoms with Crippen molar-refractivity contribution in [3.05, 3.63) is 61.7 Å². The highest BCUT2D eigenvalue weighted by molar-refractivity contribution is 5.94. The molecule has 3 heterocycles. The van der Waals surface area contributed by atoms with Gasteiger partial charge in [-0.2, -0.15) is 0 Å². The number of carbonyl (C=O) groups excluding carboxylic acids is 1. The fraction of sp³-hybridized carbons (Fsp3) is 0.412. The van der Waals surface area contributed by atoms with E-state index in [0.717, 1.165) is 5.69 Å². The number of amides is 1. The largest absolute Gasteiger partial charge is 0.377 e. The van der Waals surface area contributed by atoms with Gasteiger partial charge in [0.2, 0.25) is 0 Å². The molecule has 1 saturated heterocycles. The lowest BCUT2D eigenvalue weighted by Crippen LogP contribution is -2.46. The molecule has 1 atom stereocenters. The Balaban J connectivity index is 2.01. The molecule has 2 aromatic rings. The van der Waals surface area contributed by atoms with Gasteiger partial charge in [0.1, 0.15) is 11.4 Å². The number of hydrogen-bond acceptors (Lipinski definition) is 5. The third kappa shape index (κ3) is 3.25. The Bertz CT molecular complexity index is 931. The lowest BCUT2D eigenvalue weighted by molar-refractivity contribution is -0.00413. The second-order valence-electron chi connectivity index (χ2n) is 6.10. The van der Waals surface area contributed by atoms with Crippen LogP contribution in [0.15, 0.2) is 27.8 Å². The van der Waals surface area contributed by atoms with Crippen LogP contribution in [0.5, 0.6) is 0 Å². The Kier molecular flexibility index (Phi) is 4.54. The summed E-state index contributed by atoms with van der Waals surface area (Å²) in [4.78, 5) is 45.6. The molecule has 0 bridgehead atoms. The molecule has 1 aliphatic heterocycles. The monoisotopic (exact) mass is 344 g/mol. The van der Waals surface area contributed by atoms with Crippen LogP contribution < -0.4 is 11.1 Å². The Morgan fingerprint density at radius 1 is 1.32 bits per heavy atom. The molecular formula is C17H20N4O4. The van der Waals surface area contributed by atoms with E-state index in [4.69, 9.17) is 4.74 Å². The molecule has 8 nitrogen and oxygen atoms in total. The van der Waals surface area contributed by atoms with Gasteiger partial charge in [-0.25, -0.2) is 4.98 Å². The number of aryl methyl sites for hydroxylation is 2. The van der Waals surface area contributed by atoms with Gasteiger partial charge in [0, 0.05) is 25.4 Å². The van der Waals surface area contributed by atoms with E-state index in [-0.39, 0.29) is 29.2 Å². The Hall–Kier alpha value is -2.74. The van der Waals surface area contributed by atoms with Gasteiger partial charge in [-0.3, -0.25) is 14.4 Å². The molecule has 0 saturated carbocycles. The minimum absolute atomic E-state index is 0.0987. The van der Waals surface area contributed by atoms with E-state index in [9.17, 15) is 14.4 Å². The zero-order valence-corrected chi connectivity index (χ0v) is 14.4. The first kappa shape index (κ1) is 17.1. The highest BCUT2D eigenvalue weighted by Crippen LogP contribution is 2.23. The van der Waals surface area contributed by atoms with Crippen molar-refractivity contribution < 1.29 is 9.53 Å². The Labute approximate surface area is 144 Å². The molecule has 0 aromatic carbocycles. The summed E-state index contributed by atoms with van der Waals surface area (Å²) in [5.74, 6) is 0.0837. The number of nitrogens with zero attached hydrogens (tertiary/aromatic N) is 3. The first-order chi connectivity index (χ1) is 11.9. The molecular weight excluding hydrogens is 324 g/mol. The fourth-order valence-corrected chi connectivity index (χ4v) is 2.91. The minimum Gasteiger partial charge on any atom is -0.377 e. The van der Waals surface area contributed by atoms with Gasteiger partial charge in [-0.15, -0.1) is 0 Å². The molecule has 1 fully saturated rings. The molecule has 1 N–H and O–H groups in total. The van der Waals surface area contributed by atoms with Crippen molar-refractivity contribution in [3.63, 3.8) is 0 Å². The van der Waals surface area contributed by atoms with Crippen molar-refractivity contribution in [3.8, 4) is 0 Å². The van der Waals surface area contributed by atoms with Gasteiger partial charge in [-0.05, 0) is 26.0 Å². The van der Waals surface area contributed by atoms with Crippen molar-refractivity contribution in [1.82, 2.24) is 19.4 Å². The van der Waals surface area contributed by atoms with E-state index in [2.05, 4.69) is 9.97 Å². The summed E-state index contributed by atoms with van der Waals surface area (Å²) in [7, 11) is 1.63. The number of pyridine rings is 1. The standard InChI is InChI=1S/C17H20N4O4/c1-10-4-5-12(16(23)20(10)3)17(24)21-6-7-25-9-14(21)13-8-15(22)19-11(2)18-13/h4-5,8,14H,6-7,9H2,1-3H3,(H,18,19,22)/t14-/m0/s1. The van der Waals surface area contributed by atoms with Crippen molar-refractivity contribution in [2.24, 2.45) is 7.05 Å². The summed E-state index contributed by atoms with van der Waals surface area (Å²) in [6.07, 6.45) is 0. The Morgan fingerprint density at radius 3 is 2.80 bits per heavy atom. The zero-order chi connectivity index (χ0) is 18.1. The molecule has 3 rings (SSSR count).